The number of H-pyrrole nitrogens is 1. The first kappa shape index (κ1) is 20.2. The van der Waals surface area contributed by atoms with Crippen molar-refractivity contribution in [1.82, 2.24) is 15.1 Å². The van der Waals surface area contributed by atoms with Gasteiger partial charge in [-0.2, -0.15) is 5.10 Å². The molecule has 1 aliphatic heterocycles. The summed E-state index contributed by atoms with van der Waals surface area (Å²) in [6.45, 7) is 9.16. The lowest BCUT2D eigenvalue weighted by atomic mass is 9.87. The zero-order valence-corrected chi connectivity index (χ0v) is 17.8. The van der Waals surface area contributed by atoms with E-state index in [1.54, 1.807) is 0 Å². The van der Waals surface area contributed by atoms with E-state index < -0.39 is 0 Å². The van der Waals surface area contributed by atoms with E-state index in [4.69, 9.17) is 0 Å². The first-order valence-electron chi connectivity index (χ1n) is 10.4. The summed E-state index contributed by atoms with van der Waals surface area (Å²) in [5.74, 6) is 0.619. The molecule has 6 heteroatoms. The Morgan fingerprint density at radius 3 is 2.50 bits per heavy atom. The number of hydrogen-bond acceptors (Lipinski definition) is 3. The Kier molecular flexibility index (Phi) is 5.59. The molecule has 3 aromatic rings. The van der Waals surface area contributed by atoms with Crippen LogP contribution in [-0.2, 0) is 24.9 Å². The zero-order valence-electron chi connectivity index (χ0n) is 17.8. The molecule has 0 unspecified atom stereocenters. The predicted octanol–water partition coefficient (Wildman–Crippen LogP) is 4.91. The van der Waals surface area contributed by atoms with Gasteiger partial charge in [-0.25, -0.2) is 4.79 Å². The van der Waals surface area contributed by atoms with E-state index in [2.05, 4.69) is 70.8 Å². The van der Waals surface area contributed by atoms with Crippen molar-refractivity contribution in [3.63, 3.8) is 0 Å². The van der Waals surface area contributed by atoms with E-state index in [9.17, 15) is 4.79 Å². The van der Waals surface area contributed by atoms with Gasteiger partial charge in [-0.15, -0.1) is 0 Å². The lowest BCUT2D eigenvalue weighted by Crippen LogP contribution is -2.30. The number of aromatic nitrogens is 2. The fourth-order valence-corrected chi connectivity index (χ4v) is 3.78. The molecule has 0 aliphatic carbocycles. The van der Waals surface area contributed by atoms with E-state index in [-0.39, 0.29) is 11.4 Å². The molecule has 0 saturated heterocycles. The van der Waals surface area contributed by atoms with E-state index in [1.807, 2.05) is 30.3 Å². The van der Waals surface area contributed by atoms with Crippen molar-refractivity contribution in [3.05, 3.63) is 77.0 Å². The van der Waals surface area contributed by atoms with Gasteiger partial charge >= 0.3 is 6.03 Å². The average Bonchev–Trinajstić information content (AvgIpc) is 3.10. The Bertz CT molecular complexity index is 1000. The number of hydrogen-bond donors (Lipinski definition) is 3. The van der Waals surface area contributed by atoms with Gasteiger partial charge in [0.15, 0.2) is 5.82 Å². The maximum atomic E-state index is 12.5. The molecule has 156 valence electrons. The van der Waals surface area contributed by atoms with Gasteiger partial charge in [0.2, 0.25) is 0 Å². The van der Waals surface area contributed by atoms with Crippen LogP contribution in [0.5, 0.6) is 0 Å². The second-order valence-electron chi connectivity index (χ2n) is 8.88. The smallest absolute Gasteiger partial charge is 0.308 e. The second kappa shape index (κ2) is 8.32. The minimum Gasteiger partial charge on any atom is -0.308 e. The number of nitrogens with zero attached hydrogens (tertiary/aromatic N) is 2. The third-order valence-electron chi connectivity index (χ3n) is 5.50. The van der Waals surface area contributed by atoms with Gasteiger partial charge in [-0.1, -0.05) is 63.2 Å². The molecule has 0 fully saturated rings. The number of carbonyl (C=O) groups is 1. The molecule has 4 rings (SSSR count). The molecule has 0 bridgehead atoms. The van der Waals surface area contributed by atoms with Crippen LogP contribution in [0.25, 0.3) is 0 Å². The summed E-state index contributed by atoms with van der Waals surface area (Å²) in [7, 11) is 0. The van der Waals surface area contributed by atoms with Crippen LogP contribution in [0, 0.1) is 0 Å². The van der Waals surface area contributed by atoms with Crippen LogP contribution in [0.1, 0.15) is 43.2 Å². The van der Waals surface area contributed by atoms with Crippen LogP contribution >= 0.6 is 0 Å². The fourth-order valence-electron chi connectivity index (χ4n) is 3.78. The predicted molar refractivity (Wildman–Crippen MR) is 121 cm³/mol. The molecule has 1 aliphatic rings. The Morgan fingerprint density at radius 2 is 1.80 bits per heavy atom. The van der Waals surface area contributed by atoms with Crippen molar-refractivity contribution in [2.75, 3.05) is 17.2 Å². The van der Waals surface area contributed by atoms with E-state index in [0.29, 0.717) is 5.82 Å². The van der Waals surface area contributed by atoms with Crippen LogP contribution in [0.4, 0.5) is 16.3 Å². The molecule has 30 heavy (non-hydrogen) atoms. The van der Waals surface area contributed by atoms with Gasteiger partial charge in [0.1, 0.15) is 0 Å². The standard InChI is InChI=1S/C24H29N5O/c1-24(2,3)18-9-11-19(12-10-18)25-23(30)26-22-20-13-14-29(16-21(20)27-28-22)15-17-7-5-4-6-8-17/h4-12H,13-16H2,1-3H3,(H3,25,26,27,28,30). The lowest BCUT2D eigenvalue weighted by Gasteiger charge is -2.26. The second-order valence-corrected chi connectivity index (χ2v) is 8.88. The average molecular weight is 404 g/mol. The third kappa shape index (κ3) is 4.71. The quantitative estimate of drug-likeness (QED) is 0.579. The Labute approximate surface area is 177 Å². The van der Waals surface area contributed by atoms with Crippen molar-refractivity contribution in [2.45, 2.75) is 45.7 Å². The summed E-state index contributed by atoms with van der Waals surface area (Å²) >= 11 is 0. The van der Waals surface area contributed by atoms with Crippen LogP contribution < -0.4 is 10.6 Å². The van der Waals surface area contributed by atoms with Crippen molar-refractivity contribution >= 4 is 17.5 Å². The summed E-state index contributed by atoms with van der Waals surface area (Å²) in [4.78, 5) is 14.9. The molecular weight excluding hydrogens is 374 g/mol. The molecule has 2 amide bonds. The largest absolute Gasteiger partial charge is 0.324 e. The van der Waals surface area contributed by atoms with Crippen LogP contribution in [0.3, 0.4) is 0 Å². The molecule has 0 atom stereocenters. The van der Waals surface area contributed by atoms with E-state index in [0.717, 1.165) is 43.0 Å². The topological polar surface area (TPSA) is 73.0 Å². The number of urea groups is 1. The summed E-state index contributed by atoms with van der Waals surface area (Å²) in [5.41, 5.74) is 5.55. The van der Waals surface area contributed by atoms with Gasteiger partial charge in [-0.05, 0) is 35.1 Å². The summed E-state index contributed by atoms with van der Waals surface area (Å²) in [6.07, 6.45) is 0.856. The summed E-state index contributed by atoms with van der Waals surface area (Å²) in [6, 6.07) is 18.1. The highest BCUT2D eigenvalue weighted by Crippen LogP contribution is 2.26. The van der Waals surface area contributed by atoms with Crippen LogP contribution in [0.2, 0.25) is 0 Å². The molecule has 6 nitrogen and oxygen atoms in total. The number of anilines is 2. The molecular formula is C24H29N5O. The monoisotopic (exact) mass is 403 g/mol. The molecule has 2 heterocycles. The Hall–Kier alpha value is -3.12. The molecule has 3 N–H and O–H groups in total. The number of benzene rings is 2. The molecule has 0 spiro atoms. The zero-order chi connectivity index (χ0) is 21.1. The van der Waals surface area contributed by atoms with Gasteiger partial charge in [0, 0.05) is 30.9 Å². The first-order chi connectivity index (χ1) is 14.4. The SMILES string of the molecule is CC(C)(C)c1ccc(NC(=O)Nc2n[nH]c3c2CCN(Cc2ccccc2)C3)cc1. The fraction of sp³-hybridized carbons (Fsp3) is 0.333. The molecule has 0 radical (unpaired) electrons. The molecule has 1 aromatic heterocycles. The highest BCUT2D eigenvalue weighted by molar-refractivity contribution is 5.99. The van der Waals surface area contributed by atoms with Crippen LogP contribution in [-0.4, -0.2) is 27.7 Å². The highest BCUT2D eigenvalue weighted by Gasteiger charge is 2.23. The lowest BCUT2D eigenvalue weighted by molar-refractivity contribution is 0.242. The van der Waals surface area contributed by atoms with Crippen LogP contribution in [0.15, 0.2) is 54.6 Å². The third-order valence-corrected chi connectivity index (χ3v) is 5.50. The number of nitrogens with one attached hydrogen (secondary N) is 3. The maximum Gasteiger partial charge on any atom is 0.324 e. The van der Waals surface area contributed by atoms with Crippen molar-refractivity contribution in [3.8, 4) is 0 Å². The summed E-state index contributed by atoms with van der Waals surface area (Å²) < 4.78 is 0. The molecule has 2 aromatic carbocycles. The normalized spacial score (nSPS) is 14.2. The number of aromatic amines is 1. The Morgan fingerprint density at radius 1 is 1.07 bits per heavy atom. The van der Waals surface area contributed by atoms with Crippen molar-refractivity contribution in [2.24, 2.45) is 0 Å². The number of fused-ring (bicyclic) bond motifs is 1. The Balaban J connectivity index is 1.36. The minimum absolute atomic E-state index is 0.0866. The van der Waals surface area contributed by atoms with Gasteiger partial charge in [0.05, 0.1) is 5.69 Å². The summed E-state index contributed by atoms with van der Waals surface area (Å²) in [5, 5.41) is 13.2. The van der Waals surface area contributed by atoms with E-state index >= 15 is 0 Å². The van der Waals surface area contributed by atoms with Crippen molar-refractivity contribution in [1.29, 1.82) is 0 Å². The number of rotatable bonds is 4. The minimum atomic E-state index is -0.278. The maximum absolute atomic E-state index is 12.5. The van der Waals surface area contributed by atoms with E-state index in [1.165, 1.54) is 11.1 Å². The van der Waals surface area contributed by atoms with Gasteiger partial charge in [0.25, 0.3) is 0 Å². The first-order valence-corrected chi connectivity index (χ1v) is 10.4. The van der Waals surface area contributed by atoms with Gasteiger partial charge < -0.3 is 5.32 Å². The van der Waals surface area contributed by atoms with Gasteiger partial charge in [-0.3, -0.25) is 15.3 Å². The molecule has 0 saturated carbocycles. The number of carbonyl (C=O) groups excluding carboxylic acids is 1. The highest BCUT2D eigenvalue weighted by atomic mass is 16.2. The van der Waals surface area contributed by atoms with Crippen molar-refractivity contribution < 1.29 is 4.79 Å². The number of amides is 2.